The highest BCUT2D eigenvalue weighted by atomic mass is 35.5. The summed E-state index contributed by atoms with van der Waals surface area (Å²) in [5.41, 5.74) is -0.827. The Morgan fingerprint density at radius 1 is 1.30 bits per heavy atom. The molecule has 1 unspecified atom stereocenters. The number of hydrogen-bond donors (Lipinski definition) is 1. The maximum absolute atomic E-state index is 12.0. The summed E-state index contributed by atoms with van der Waals surface area (Å²) in [5.74, 6) is -0.470. The molecule has 110 valence electrons. The lowest BCUT2D eigenvalue weighted by Crippen LogP contribution is -2.36. The van der Waals surface area contributed by atoms with Gasteiger partial charge in [-0.2, -0.15) is 0 Å². The molecule has 0 spiro atoms. The summed E-state index contributed by atoms with van der Waals surface area (Å²) in [6, 6.07) is 8.12. The molecule has 4 nitrogen and oxygen atoms in total. The second-order valence-electron chi connectivity index (χ2n) is 5.10. The molecule has 1 N–H and O–H groups in total. The minimum Gasteiger partial charge on any atom is -0.354 e. The van der Waals surface area contributed by atoms with E-state index in [1.807, 2.05) is 0 Å². The Morgan fingerprint density at radius 2 is 1.85 bits per heavy atom. The van der Waals surface area contributed by atoms with Crippen molar-refractivity contribution in [2.75, 3.05) is 12.3 Å². The number of nitrogens with one attached hydrogen (secondary N) is 1. The van der Waals surface area contributed by atoms with Gasteiger partial charge in [-0.1, -0.05) is 18.2 Å². The van der Waals surface area contributed by atoms with Gasteiger partial charge in [0.2, 0.25) is 5.91 Å². The fraction of sp³-hybridized carbons (Fsp3) is 0.462. The van der Waals surface area contributed by atoms with Gasteiger partial charge in [0.15, 0.2) is 9.84 Å². The molecule has 1 saturated carbocycles. The summed E-state index contributed by atoms with van der Waals surface area (Å²) < 4.78 is 23.0. The van der Waals surface area contributed by atoms with Gasteiger partial charge in [0.25, 0.3) is 0 Å². The molecule has 1 aromatic rings. The number of alkyl halides is 2. The number of halogens is 2. The lowest BCUT2D eigenvalue weighted by molar-refractivity contribution is -0.125. The van der Waals surface area contributed by atoms with Gasteiger partial charge in [0, 0.05) is 6.54 Å². The van der Waals surface area contributed by atoms with Crippen molar-refractivity contribution < 1.29 is 13.2 Å². The first-order valence-electron chi connectivity index (χ1n) is 6.13. The molecule has 0 saturated heterocycles. The highest BCUT2D eigenvalue weighted by molar-refractivity contribution is 7.91. The van der Waals surface area contributed by atoms with Crippen LogP contribution in [0.3, 0.4) is 0 Å². The Labute approximate surface area is 128 Å². The Morgan fingerprint density at radius 3 is 2.35 bits per heavy atom. The third-order valence-electron chi connectivity index (χ3n) is 3.52. The molecule has 20 heavy (non-hydrogen) atoms. The summed E-state index contributed by atoms with van der Waals surface area (Å²) in [6.45, 7) is 1.70. The van der Waals surface area contributed by atoms with E-state index in [1.165, 1.54) is 12.1 Å². The lowest BCUT2D eigenvalue weighted by Gasteiger charge is -2.12. The minimum absolute atomic E-state index is 0.0372. The summed E-state index contributed by atoms with van der Waals surface area (Å²) in [7, 11) is -3.39. The molecule has 1 atom stereocenters. The van der Waals surface area contributed by atoms with Crippen LogP contribution < -0.4 is 5.32 Å². The summed E-state index contributed by atoms with van der Waals surface area (Å²) >= 11 is 11.8. The third-order valence-corrected chi connectivity index (χ3v) is 6.35. The van der Waals surface area contributed by atoms with Gasteiger partial charge in [0.05, 0.1) is 16.1 Å². The van der Waals surface area contributed by atoms with Crippen molar-refractivity contribution in [2.24, 2.45) is 5.41 Å². The van der Waals surface area contributed by atoms with Crippen LogP contribution >= 0.6 is 23.2 Å². The van der Waals surface area contributed by atoms with Crippen LogP contribution in [0.1, 0.15) is 13.3 Å². The summed E-state index contributed by atoms with van der Waals surface area (Å²) in [6.07, 6.45) is 0.375. The first-order valence-corrected chi connectivity index (χ1v) is 8.54. The van der Waals surface area contributed by atoms with Crippen molar-refractivity contribution in [1.29, 1.82) is 0 Å². The van der Waals surface area contributed by atoms with Crippen molar-refractivity contribution in [3.8, 4) is 0 Å². The van der Waals surface area contributed by atoms with E-state index in [2.05, 4.69) is 5.32 Å². The predicted octanol–water partition coefficient (Wildman–Crippen LogP) is 2.16. The average Bonchev–Trinajstić information content (AvgIpc) is 2.91. The van der Waals surface area contributed by atoms with Crippen molar-refractivity contribution >= 4 is 38.9 Å². The second-order valence-corrected chi connectivity index (χ2v) is 8.69. The standard InChI is InChI=1S/C13H15Cl2NO3S/c1-12(9-13(12,14)15)11(17)16-7-8-20(18,19)10-5-3-2-4-6-10/h2-6H,7-9H2,1H3,(H,16,17). The van der Waals surface area contributed by atoms with Crippen LogP contribution in [0.4, 0.5) is 0 Å². The smallest absolute Gasteiger partial charge is 0.229 e. The molecule has 0 heterocycles. The Bertz CT molecular complexity index is 616. The molecule has 1 aliphatic rings. The molecule has 0 aromatic heterocycles. The van der Waals surface area contributed by atoms with Gasteiger partial charge in [-0.15, -0.1) is 23.2 Å². The molecule has 1 amide bonds. The van der Waals surface area contributed by atoms with E-state index in [0.717, 1.165) is 0 Å². The highest BCUT2D eigenvalue weighted by Crippen LogP contribution is 2.63. The molecule has 1 aliphatic carbocycles. The van der Waals surface area contributed by atoms with Gasteiger partial charge >= 0.3 is 0 Å². The van der Waals surface area contributed by atoms with Gasteiger partial charge in [-0.05, 0) is 25.5 Å². The Kier molecular flexibility index (Phi) is 4.06. The maximum Gasteiger partial charge on any atom is 0.229 e. The van der Waals surface area contributed by atoms with Gasteiger partial charge in [-0.3, -0.25) is 4.79 Å². The monoisotopic (exact) mass is 335 g/mol. The molecular weight excluding hydrogens is 321 g/mol. The molecule has 2 rings (SSSR count). The molecule has 7 heteroatoms. The number of carbonyl (C=O) groups is 1. The van der Waals surface area contributed by atoms with Gasteiger partial charge in [0.1, 0.15) is 4.33 Å². The molecule has 0 bridgehead atoms. The zero-order chi connectivity index (χ0) is 15.0. The van der Waals surface area contributed by atoms with E-state index in [9.17, 15) is 13.2 Å². The number of rotatable bonds is 5. The van der Waals surface area contributed by atoms with Gasteiger partial charge < -0.3 is 5.32 Å². The van der Waals surface area contributed by atoms with E-state index in [1.54, 1.807) is 25.1 Å². The Balaban J connectivity index is 1.90. The highest BCUT2D eigenvalue weighted by Gasteiger charge is 2.67. The van der Waals surface area contributed by atoms with E-state index >= 15 is 0 Å². The van der Waals surface area contributed by atoms with E-state index in [4.69, 9.17) is 23.2 Å². The van der Waals surface area contributed by atoms with E-state index in [-0.39, 0.29) is 23.1 Å². The number of benzene rings is 1. The zero-order valence-corrected chi connectivity index (χ0v) is 13.2. The average molecular weight is 336 g/mol. The van der Waals surface area contributed by atoms with Crippen LogP contribution in [-0.2, 0) is 14.6 Å². The second kappa shape index (κ2) is 5.20. The fourth-order valence-corrected chi connectivity index (χ4v) is 3.77. The van der Waals surface area contributed by atoms with Crippen molar-refractivity contribution in [3.63, 3.8) is 0 Å². The molecule has 0 radical (unpaired) electrons. The fourth-order valence-electron chi connectivity index (χ4n) is 1.89. The number of hydrogen-bond acceptors (Lipinski definition) is 3. The largest absolute Gasteiger partial charge is 0.354 e. The lowest BCUT2D eigenvalue weighted by atomic mass is 10.1. The third kappa shape index (κ3) is 2.95. The van der Waals surface area contributed by atoms with Crippen LogP contribution in [0.25, 0.3) is 0 Å². The number of carbonyl (C=O) groups excluding carboxylic acids is 1. The van der Waals surface area contributed by atoms with Crippen LogP contribution in [-0.4, -0.2) is 31.0 Å². The summed E-state index contributed by atoms with van der Waals surface area (Å²) in [4.78, 5) is 12.1. The number of sulfone groups is 1. The predicted molar refractivity (Wildman–Crippen MR) is 78.7 cm³/mol. The van der Waals surface area contributed by atoms with Crippen LogP contribution in [0, 0.1) is 5.41 Å². The first-order chi connectivity index (χ1) is 9.19. The van der Waals surface area contributed by atoms with Crippen LogP contribution in [0.2, 0.25) is 0 Å². The van der Waals surface area contributed by atoms with Gasteiger partial charge in [-0.25, -0.2) is 8.42 Å². The van der Waals surface area contributed by atoms with Crippen molar-refractivity contribution in [3.05, 3.63) is 30.3 Å². The SMILES string of the molecule is CC1(C(=O)NCCS(=O)(=O)c2ccccc2)CC1(Cl)Cl. The summed E-state index contributed by atoms with van der Waals surface area (Å²) in [5, 5.41) is 2.58. The quantitative estimate of drug-likeness (QED) is 0.838. The van der Waals surface area contributed by atoms with Crippen molar-refractivity contribution in [1.82, 2.24) is 5.32 Å². The molecular formula is C13H15Cl2NO3S. The Hall–Kier alpha value is -0.780. The van der Waals surface area contributed by atoms with E-state index in [0.29, 0.717) is 6.42 Å². The first kappa shape index (κ1) is 15.6. The maximum atomic E-state index is 12.0. The van der Waals surface area contributed by atoms with E-state index < -0.39 is 19.6 Å². The molecule has 0 aliphatic heterocycles. The van der Waals surface area contributed by atoms with Crippen LogP contribution in [0.5, 0.6) is 0 Å². The topological polar surface area (TPSA) is 63.2 Å². The number of amides is 1. The van der Waals surface area contributed by atoms with Crippen molar-refractivity contribution in [2.45, 2.75) is 22.6 Å². The molecule has 1 aromatic carbocycles. The normalized spacial score (nSPS) is 24.1. The minimum atomic E-state index is -3.39. The van der Waals surface area contributed by atoms with Crippen LogP contribution in [0.15, 0.2) is 35.2 Å². The zero-order valence-electron chi connectivity index (χ0n) is 10.9. The molecule has 1 fully saturated rings.